The summed E-state index contributed by atoms with van der Waals surface area (Å²) in [6, 6.07) is -0.983. The maximum Gasteiger partial charge on any atom is 0.407 e. The second-order valence-corrected chi connectivity index (χ2v) is 15.6. The summed E-state index contributed by atoms with van der Waals surface area (Å²) >= 11 is 0. The van der Waals surface area contributed by atoms with Crippen LogP contribution in [0.5, 0.6) is 0 Å². The summed E-state index contributed by atoms with van der Waals surface area (Å²) in [6.07, 6.45) is 2.73. The second kappa shape index (κ2) is 16.9. The van der Waals surface area contributed by atoms with Gasteiger partial charge in [-0.3, -0.25) is 4.79 Å². The number of carbonyl (C=O) groups excluding carboxylic acids is 2. The fourth-order valence-electron chi connectivity index (χ4n) is 7.70. The van der Waals surface area contributed by atoms with Gasteiger partial charge in [-0.1, -0.05) is 54.4 Å². The molecule has 11 heteroatoms. The summed E-state index contributed by atoms with van der Waals surface area (Å²) in [5.41, 5.74) is -2.26. The first-order valence-corrected chi connectivity index (χ1v) is 18.2. The molecule has 0 aromatic carbocycles. The Kier molecular flexibility index (Phi) is 14.4. The van der Waals surface area contributed by atoms with Crippen LogP contribution in [0.25, 0.3) is 0 Å². The van der Waals surface area contributed by atoms with E-state index in [0.29, 0.717) is 18.3 Å². The van der Waals surface area contributed by atoms with Crippen molar-refractivity contribution in [1.29, 1.82) is 0 Å². The Balaban J connectivity index is 1.58. The summed E-state index contributed by atoms with van der Waals surface area (Å²) in [4.78, 5) is 25.2. The summed E-state index contributed by atoms with van der Waals surface area (Å²) in [7, 11) is 1.76. The monoisotopic (exact) mass is 670 g/mol. The van der Waals surface area contributed by atoms with E-state index in [1.54, 1.807) is 27.9 Å². The molecule has 1 aliphatic heterocycles. The fraction of sp³-hybridized carbons (Fsp3) is 0.944. The minimum Gasteiger partial charge on any atom is -0.444 e. The molecule has 2 saturated carbocycles. The van der Waals surface area contributed by atoms with Crippen LogP contribution >= 0.6 is 0 Å². The average molecular weight is 671 g/mol. The van der Waals surface area contributed by atoms with E-state index in [9.17, 15) is 19.8 Å². The van der Waals surface area contributed by atoms with Gasteiger partial charge in [-0.2, -0.15) is 0 Å². The van der Waals surface area contributed by atoms with E-state index >= 15 is 0 Å². The van der Waals surface area contributed by atoms with Gasteiger partial charge in [0.15, 0.2) is 6.29 Å². The van der Waals surface area contributed by atoms with Crippen LogP contribution in [-0.2, 0) is 28.5 Å². The van der Waals surface area contributed by atoms with Crippen molar-refractivity contribution in [2.24, 2.45) is 23.7 Å². The molecule has 12 unspecified atom stereocenters. The molecule has 3 rings (SSSR count). The normalized spacial score (nSPS) is 38.1. The molecule has 4 N–H and O–H groups in total. The first kappa shape index (κ1) is 39.9. The molecule has 12 atom stereocenters. The molecular formula is C36H66N2O9. The van der Waals surface area contributed by atoms with Crippen LogP contribution in [0.3, 0.4) is 0 Å². The number of nitrogens with one attached hydrogen (secondary N) is 2. The third-order valence-electron chi connectivity index (χ3n) is 10.9. The standard InChI is InChI=1S/C36H66N2O9/c1-12-15-28-31(43-11)20(4)21(5)32(45-28)46-30-22(6)27(17-16-24(30)13-2)44-23(7)29(39)26(14-3)38-33(40)36(42)18-25(19-36)37-34(41)47-35(8,9)10/h20-32,39,42H,12-19H2,1-11H3,(H,37,41)(H,38,40). The lowest BCUT2D eigenvalue weighted by atomic mass is 9.74. The van der Waals surface area contributed by atoms with Crippen molar-refractivity contribution in [3.05, 3.63) is 0 Å². The number of ether oxygens (including phenoxy) is 5. The molecule has 0 spiro atoms. The molecule has 0 aromatic rings. The van der Waals surface area contributed by atoms with Gasteiger partial charge in [0.05, 0.1) is 42.7 Å². The summed E-state index contributed by atoms with van der Waals surface area (Å²) in [5.74, 6) is 0.348. The zero-order valence-corrected chi connectivity index (χ0v) is 30.9. The number of aliphatic hydroxyl groups is 2. The predicted octanol–water partition coefficient (Wildman–Crippen LogP) is 5.09. The van der Waals surface area contributed by atoms with Gasteiger partial charge in [-0.25, -0.2) is 4.79 Å². The molecule has 0 bridgehead atoms. The highest BCUT2D eigenvalue weighted by Crippen LogP contribution is 2.41. The largest absolute Gasteiger partial charge is 0.444 e. The molecular weight excluding hydrogens is 604 g/mol. The van der Waals surface area contributed by atoms with Crippen LogP contribution in [0, 0.1) is 23.7 Å². The Morgan fingerprint density at radius 2 is 1.68 bits per heavy atom. The van der Waals surface area contributed by atoms with Gasteiger partial charge >= 0.3 is 6.09 Å². The fourth-order valence-corrected chi connectivity index (χ4v) is 7.70. The number of amides is 2. The van der Waals surface area contributed by atoms with Gasteiger partial charge in [-0.15, -0.1) is 0 Å². The minimum atomic E-state index is -1.62. The maximum atomic E-state index is 13.1. The number of rotatable bonds is 14. The molecule has 0 aromatic heterocycles. The van der Waals surface area contributed by atoms with E-state index in [1.807, 2.05) is 13.8 Å². The molecule has 274 valence electrons. The van der Waals surface area contributed by atoms with Gasteiger partial charge in [0.2, 0.25) is 0 Å². The van der Waals surface area contributed by atoms with E-state index in [4.69, 9.17) is 23.7 Å². The van der Waals surface area contributed by atoms with Crippen LogP contribution in [0.2, 0.25) is 0 Å². The van der Waals surface area contributed by atoms with Crippen molar-refractivity contribution < 1.29 is 43.5 Å². The quantitative estimate of drug-likeness (QED) is 0.199. The second-order valence-electron chi connectivity index (χ2n) is 15.6. The highest BCUT2D eigenvalue weighted by molar-refractivity contribution is 5.87. The van der Waals surface area contributed by atoms with Crippen molar-refractivity contribution in [2.45, 2.75) is 187 Å². The highest BCUT2D eigenvalue weighted by Gasteiger charge is 2.51. The molecule has 0 radical (unpaired) electrons. The van der Waals surface area contributed by atoms with Crippen molar-refractivity contribution in [3.8, 4) is 0 Å². The molecule has 2 amide bonds. The van der Waals surface area contributed by atoms with E-state index in [0.717, 1.165) is 32.1 Å². The lowest BCUT2D eigenvalue weighted by Gasteiger charge is -2.48. The Hall–Kier alpha value is -1.50. The Morgan fingerprint density at radius 3 is 2.23 bits per heavy atom. The third kappa shape index (κ3) is 10.0. The van der Waals surface area contributed by atoms with Crippen LogP contribution < -0.4 is 10.6 Å². The van der Waals surface area contributed by atoms with Crippen molar-refractivity contribution >= 4 is 12.0 Å². The smallest absolute Gasteiger partial charge is 0.407 e. The summed E-state index contributed by atoms with van der Waals surface area (Å²) < 4.78 is 31.1. The molecule has 3 aliphatic rings. The summed E-state index contributed by atoms with van der Waals surface area (Å²) in [6.45, 7) is 20.0. The molecule has 1 saturated heterocycles. The molecule has 11 nitrogen and oxygen atoms in total. The number of methoxy groups -OCH3 is 1. The average Bonchev–Trinajstić information content (AvgIpc) is 2.98. The lowest BCUT2D eigenvalue weighted by Crippen LogP contribution is -2.64. The molecule has 1 heterocycles. The van der Waals surface area contributed by atoms with Crippen LogP contribution in [0.4, 0.5) is 4.79 Å². The topological polar surface area (TPSA) is 145 Å². The number of aliphatic hydroxyl groups excluding tert-OH is 1. The van der Waals surface area contributed by atoms with Crippen molar-refractivity contribution in [2.75, 3.05) is 7.11 Å². The summed E-state index contributed by atoms with van der Waals surface area (Å²) in [5, 5.41) is 27.8. The van der Waals surface area contributed by atoms with Gasteiger partial charge in [-0.05, 0) is 65.2 Å². The number of alkyl carbamates (subject to hydrolysis) is 1. The molecule has 2 aliphatic carbocycles. The molecule has 47 heavy (non-hydrogen) atoms. The van der Waals surface area contributed by atoms with Gasteiger partial charge in [0.1, 0.15) is 11.2 Å². The Bertz CT molecular complexity index is 999. The lowest BCUT2D eigenvalue weighted by molar-refractivity contribution is -0.299. The maximum absolute atomic E-state index is 13.1. The van der Waals surface area contributed by atoms with Gasteiger partial charge in [0.25, 0.3) is 5.91 Å². The number of hydrogen-bond acceptors (Lipinski definition) is 9. The highest BCUT2D eigenvalue weighted by atomic mass is 16.7. The van der Waals surface area contributed by atoms with Gasteiger partial charge in [0, 0.05) is 37.8 Å². The van der Waals surface area contributed by atoms with Crippen LogP contribution in [-0.4, -0.2) is 95.5 Å². The van der Waals surface area contributed by atoms with E-state index in [2.05, 4.69) is 45.3 Å². The third-order valence-corrected chi connectivity index (χ3v) is 10.9. The van der Waals surface area contributed by atoms with Crippen molar-refractivity contribution in [1.82, 2.24) is 10.6 Å². The van der Waals surface area contributed by atoms with Crippen LogP contribution in [0.15, 0.2) is 0 Å². The van der Waals surface area contributed by atoms with Crippen LogP contribution in [0.1, 0.15) is 121 Å². The van der Waals surface area contributed by atoms with E-state index in [-0.39, 0.29) is 61.4 Å². The van der Waals surface area contributed by atoms with E-state index < -0.39 is 41.5 Å². The van der Waals surface area contributed by atoms with Gasteiger partial charge < -0.3 is 44.5 Å². The Morgan fingerprint density at radius 1 is 1.02 bits per heavy atom. The van der Waals surface area contributed by atoms with E-state index in [1.165, 1.54) is 0 Å². The minimum absolute atomic E-state index is 0.00584. The first-order chi connectivity index (χ1) is 22.0. The van der Waals surface area contributed by atoms with Crippen molar-refractivity contribution in [3.63, 3.8) is 0 Å². The zero-order valence-electron chi connectivity index (χ0n) is 30.9. The molecule has 3 fully saturated rings. The predicted molar refractivity (Wildman–Crippen MR) is 180 cm³/mol. The SMILES string of the molecule is CCCC1OC(OC2C(CC)CCC(OC(C)C(O)C(CC)NC(=O)C3(O)CC(NC(=O)OC(C)(C)C)C3)C2C)C(C)C(C)C1OC. The number of carbonyl (C=O) groups is 2. The zero-order chi connectivity index (χ0) is 35.3. The first-order valence-electron chi connectivity index (χ1n) is 18.2. The number of hydrogen-bond donors (Lipinski definition) is 4. The Labute approximate surface area is 283 Å².